The molecule has 17 nitrogen and oxygen atoms in total. The van der Waals surface area contributed by atoms with Crippen molar-refractivity contribution in [3.63, 3.8) is 0 Å². The second kappa shape index (κ2) is 23.2. The number of methoxy groups -OCH3 is 2. The Balaban J connectivity index is 1.31. The molecule has 1 aromatic carbocycles. The molecule has 69 heavy (non-hydrogen) atoms. The van der Waals surface area contributed by atoms with Crippen LogP contribution in [-0.4, -0.2) is 139 Å². The molecule has 386 valence electrons. The number of aliphatic hydroxyl groups excluding tert-OH is 1. The Morgan fingerprint density at radius 1 is 1.06 bits per heavy atom. The first-order valence-corrected chi connectivity index (χ1v) is 24.3. The van der Waals surface area contributed by atoms with E-state index in [1.54, 1.807) is 47.9 Å². The molecule has 2 aromatic rings. The average molecular weight is 971 g/mol. The number of benzene rings is 1. The number of aliphatic hydroxyl groups is 1. The maximum absolute atomic E-state index is 14.8. The quantitative estimate of drug-likeness (QED) is 0.0641. The van der Waals surface area contributed by atoms with E-state index in [0.717, 1.165) is 15.9 Å². The summed E-state index contributed by atoms with van der Waals surface area (Å²) in [7, 11) is 6.52. The number of pyridine rings is 1. The fraction of sp³-hybridized carbons (Fsp3) is 0.686. The number of carbonyl (C=O) groups excluding carboxylic acids is 3. The SMILES string of the molecule is CC[C@H]1OC(=O)[C@H](C)C[C@H](C)[C@@H](O[C@@H]2O[C@H](C)C[C@H](N(C)CC/C(N)=C/N(N)[C@H](CF)[C@H](OC)c3ccc(-c4ccc(C)[n+]([O-])c4)cc3)[C@H]2O)[C@](C)(OC)C[C@@H](C)C(=O)[C@H](C)[C@H]2N(C)C(=O)O[C@]12C. The minimum absolute atomic E-state index is 0.114. The summed E-state index contributed by atoms with van der Waals surface area (Å²) in [5, 5.41) is 25.4. The second-order valence-corrected chi connectivity index (χ2v) is 20.3. The predicted octanol–water partition coefficient (Wildman–Crippen LogP) is 5.71. The van der Waals surface area contributed by atoms with Gasteiger partial charge in [-0.05, 0) is 76.6 Å². The summed E-state index contributed by atoms with van der Waals surface area (Å²) in [5.74, 6) is 3.63. The van der Waals surface area contributed by atoms with E-state index in [9.17, 15) is 29.1 Å². The second-order valence-electron chi connectivity index (χ2n) is 20.3. The van der Waals surface area contributed by atoms with E-state index < -0.39 is 96.5 Å². The van der Waals surface area contributed by atoms with Gasteiger partial charge in [-0.15, -0.1) is 0 Å². The van der Waals surface area contributed by atoms with Crippen molar-refractivity contribution in [2.45, 2.75) is 161 Å². The molecule has 3 fully saturated rings. The van der Waals surface area contributed by atoms with Crippen LogP contribution >= 0.6 is 0 Å². The van der Waals surface area contributed by atoms with Crippen LogP contribution in [0.15, 0.2) is 54.5 Å². The maximum atomic E-state index is 14.8. The summed E-state index contributed by atoms with van der Waals surface area (Å²) in [6.45, 7) is 16.0. The molecule has 0 bridgehead atoms. The molecule has 4 heterocycles. The van der Waals surface area contributed by atoms with E-state index in [-0.39, 0.29) is 24.2 Å². The molecule has 0 radical (unpaired) electrons. The molecule has 3 saturated heterocycles. The van der Waals surface area contributed by atoms with Crippen LogP contribution in [0.3, 0.4) is 0 Å². The van der Waals surface area contributed by atoms with Crippen molar-refractivity contribution in [3.05, 3.63) is 71.0 Å². The van der Waals surface area contributed by atoms with Crippen LogP contribution < -0.4 is 16.3 Å². The molecular formula is C51H79FN6O11. The van der Waals surface area contributed by atoms with Crippen molar-refractivity contribution in [2.24, 2.45) is 35.2 Å². The van der Waals surface area contributed by atoms with Gasteiger partial charge >= 0.3 is 12.1 Å². The van der Waals surface area contributed by atoms with Crippen molar-refractivity contribution in [3.8, 4) is 11.1 Å². The number of hydrogen-bond donors (Lipinski definition) is 3. The van der Waals surface area contributed by atoms with E-state index in [0.29, 0.717) is 49.2 Å². The van der Waals surface area contributed by atoms with E-state index in [1.165, 1.54) is 29.4 Å². The Morgan fingerprint density at radius 2 is 1.71 bits per heavy atom. The van der Waals surface area contributed by atoms with Crippen LogP contribution in [-0.2, 0) is 38.0 Å². The third-order valence-electron chi connectivity index (χ3n) is 15.1. The number of esters is 1. The van der Waals surface area contributed by atoms with Gasteiger partial charge in [0.2, 0.25) is 0 Å². The Morgan fingerprint density at radius 3 is 2.30 bits per heavy atom. The number of nitrogens with zero attached hydrogens (tertiary/aromatic N) is 4. The zero-order chi connectivity index (χ0) is 51.3. The molecule has 3 aliphatic rings. The molecule has 5 rings (SSSR count). The number of halogens is 1. The fourth-order valence-electron chi connectivity index (χ4n) is 11.0. The van der Waals surface area contributed by atoms with Crippen LogP contribution in [0.25, 0.3) is 11.1 Å². The molecule has 3 aliphatic heterocycles. The van der Waals surface area contributed by atoms with Gasteiger partial charge in [0.15, 0.2) is 23.8 Å². The number of carbonyl (C=O) groups is 3. The number of ether oxygens (including phenoxy) is 6. The summed E-state index contributed by atoms with van der Waals surface area (Å²) in [6, 6.07) is 8.87. The standard InChI is InChI=1S/C51H79FN6O11/c1-14-41-51(9)45(56(11)49(62)69-51)34(7)42(59)31(4)25-50(8,65-13)46(29(2)23-30(3)47(61)67-41)68-48-43(60)39(24-33(6)66-48)55(10)22-21-38(53)28-57(54)40(26-52)44(64-12)36-19-17-35(18-20-36)37-16-15-32(5)58(63)27-37/h15-20,27-31,33-34,39-41,43-46,48,60H,14,21-26,53-54H2,1-13H3/b38-28-/t29-,30+,31+,33+,34-,39-,40+,41+,43+,44+,45+,46+,48-,50+,51+/m0/s1. The van der Waals surface area contributed by atoms with E-state index in [2.05, 4.69) is 0 Å². The molecule has 1 aromatic heterocycles. The van der Waals surface area contributed by atoms with Crippen molar-refractivity contribution in [1.29, 1.82) is 0 Å². The van der Waals surface area contributed by atoms with E-state index in [1.807, 2.05) is 76.9 Å². The van der Waals surface area contributed by atoms with E-state index in [4.69, 9.17) is 40.0 Å². The maximum Gasteiger partial charge on any atom is 0.410 e. The number of hydrogen-bond acceptors (Lipinski definition) is 15. The number of likely N-dealkylation sites (N-methyl/N-ethyl adjacent to an activating group) is 2. The topological polar surface area (TPSA) is 216 Å². The Kier molecular flexibility index (Phi) is 18.7. The number of aryl methyl sites for hydroxylation is 1. The van der Waals surface area contributed by atoms with Gasteiger partial charge in [-0.2, -0.15) is 4.73 Å². The van der Waals surface area contributed by atoms with Crippen LogP contribution in [0, 0.1) is 35.8 Å². The van der Waals surface area contributed by atoms with Crippen molar-refractivity contribution < 1.29 is 57.0 Å². The van der Waals surface area contributed by atoms with Crippen molar-refractivity contribution in [1.82, 2.24) is 14.8 Å². The lowest BCUT2D eigenvalue weighted by Gasteiger charge is -2.47. The highest BCUT2D eigenvalue weighted by molar-refractivity contribution is 5.85. The van der Waals surface area contributed by atoms with Crippen LogP contribution in [0.2, 0.25) is 0 Å². The molecule has 0 spiro atoms. The molecule has 18 heteroatoms. The van der Waals surface area contributed by atoms with Gasteiger partial charge in [0.05, 0.1) is 29.8 Å². The minimum atomic E-state index is -1.27. The number of alkyl halides is 1. The number of nitrogens with two attached hydrogens (primary N) is 2. The number of fused-ring (bicyclic) bond motifs is 1. The van der Waals surface area contributed by atoms with Gasteiger partial charge in [0.25, 0.3) is 0 Å². The largest absolute Gasteiger partial charge is 0.618 e. The number of ketones is 1. The molecule has 15 atom stereocenters. The Labute approximate surface area is 408 Å². The third kappa shape index (κ3) is 12.2. The smallest absolute Gasteiger partial charge is 0.410 e. The van der Waals surface area contributed by atoms with Crippen LogP contribution in [0.1, 0.15) is 105 Å². The number of amides is 1. The summed E-state index contributed by atoms with van der Waals surface area (Å²) in [6.07, 6.45) is -0.828. The molecule has 5 N–H and O–H groups in total. The molecular weight excluding hydrogens is 892 g/mol. The zero-order valence-electron chi connectivity index (χ0n) is 42.9. The van der Waals surface area contributed by atoms with Gasteiger partial charge in [-0.1, -0.05) is 58.9 Å². The molecule has 0 aliphatic carbocycles. The van der Waals surface area contributed by atoms with E-state index >= 15 is 0 Å². The molecule has 1 amide bonds. The minimum Gasteiger partial charge on any atom is -0.618 e. The van der Waals surface area contributed by atoms with Gasteiger partial charge in [-0.25, -0.2) is 15.0 Å². The number of aromatic nitrogens is 1. The first kappa shape index (κ1) is 55.5. The van der Waals surface area contributed by atoms with Crippen molar-refractivity contribution >= 4 is 17.8 Å². The van der Waals surface area contributed by atoms with Gasteiger partial charge < -0.3 is 59.3 Å². The average Bonchev–Trinajstić information content (AvgIpc) is 3.55. The van der Waals surface area contributed by atoms with Crippen LogP contribution in [0.5, 0.6) is 0 Å². The normalized spacial score (nSPS) is 33.9. The summed E-state index contributed by atoms with van der Waals surface area (Å²) < 4.78 is 52.9. The lowest BCUT2D eigenvalue weighted by molar-refractivity contribution is -0.611. The highest BCUT2D eigenvalue weighted by atomic mass is 19.1. The highest BCUT2D eigenvalue weighted by Crippen LogP contribution is 2.43. The van der Waals surface area contributed by atoms with Gasteiger partial charge in [0.1, 0.15) is 36.8 Å². The molecule has 0 saturated carbocycles. The van der Waals surface area contributed by atoms with Crippen molar-refractivity contribution in [2.75, 3.05) is 41.5 Å². The first-order chi connectivity index (χ1) is 32.4. The lowest BCUT2D eigenvalue weighted by Crippen LogP contribution is -2.59. The number of rotatable bonds is 15. The summed E-state index contributed by atoms with van der Waals surface area (Å²) in [4.78, 5) is 44.8. The zero-order valence-corrected chi connectivity index (χ0v) is 42.9. The number of cyclic esters (lactones) is 1. The monoisotopic (exact) mass is 971 g/mol. The molecule has 0 unspecified atom stereocenters. The fourth-order valence-corrected chi connectivity index (χ4v) is 11.0. The Hall–Kier alpha value is -4.43. The number of hydrazine groups is 1. The van der Waals surface area contributed by atoms with Gasteiger partial charge in [-0.3, -0.25) is 9.59 Å². The van der Waals surface area contributed by atoms with Crippen LogP contribution in [0.4, 0.5) is 9.18 Å². The highest BCUT2D eigenvalue weighted by Gasteiger charge is 2.59. The number of Topliss-reactive ketones (excluding diaryl/α,β-unsaturated/α-hetero) is 1. The summed E-state index contributed by atoms with van der Waals surface area (Å²) >= 11 is 0. The lowest BCUT2D eigenvalue weighted by atomic mass is 9.73. The third-order valence-corrected chi connectivity index (χ3v) is 15.1. The van der Waals surface area contributed by atoms with Gasteiger partial charge in [0, 0.05) is 82.6 Å². The predicted molar refractivity (Wildman–Crippen MR) is 257 cm³/mol. The Bertz CT molecular complexity index is 2100. The first-order valence-electron chi connectivity index (χ1n) is 24.3. The summed E-state index contributed by atoms with van der Waals surface area (Å²) in [5.41, 5.74) is 7.35.